The average molecular weight is 423 g/mol. The minimum atomic E-state index is -3.64. The first kappa shape index (κ1) is 19.1. The summed E-state index contributed by atoms with van der Waals surface area (Å²) in [6, 6.07) is 4.76. The Kier molecular flexibility index (Phi) is 4.52. The van der Waals surface area contributed by atoms with Crippen LogP contribution >= 0.6 is 0 Å². The second-order valence-corrected chi connectivity index (χ2v) is 10.3. The van der Waals surface area contributed by atoms with Crippen LogP contribution in [0.1, 0.15) is 25.7 Å². The number of methoxy groups -OCH3 is 1. The van der Waals surface area contributed by atoms with Crippen LogP contribution in [0.2, 0.25) is 0 Å². The molecule has 1 aliphatic carbocycles. The molecule has 1 aromatic carbocycles. The van der Waals surface area contributed by atoms with E-state index in [0.29, 0.717) is 56.6 Å². The van der Waals surface area contributed by atoms with Crippen LogP contribution in [0.3, 0.4) is 0 Å². The number of piperidine rings is 1. The van der Waals surface area contributed by atoms with Crippen molar-refractivity contribution in [1.29, 1.82) is 0 Å². The molecule has 0 bridgehead atoms. The zero-order valence-corrected chi connectivity index (χ0v) is 17.3. The molecule has 1 amide bonds. The molecule has 2 saturated heterocycles. The van der Waals surface area contributed by atoms with Gasteiger partial charge in [-0.1, -0.05) is 0 Å². The average Bonchev–Trinajstić information content (AvgIpc) is 3.57. The number of carbonyl (C=O) groups excluding carboxylic acids is 1. The van der Waals surface area contributed by atoms with Crippen molar-refractivity contribution in [2.75, 3.05) is 40.0 Å². The fraction of sp³-hybridized carbons (Fsp3) is 0.650. The Morgan fingerprint density at radius 2 is 1.83 bits per heavy atom. The van der Waals surface area contributed by atoms with Gasteiger partial charge in [0, 0.05) is 32.8 Å². The molecule has 4 aliphatic rings. The first-order valence-electron chi connectivity index (χ1n) is 10.2. The Labute approximate surface area is 170 Å². The first-order chi connectivity index (χ1) is 14.0. The third-order valence-electron chi connectivity index (χ3n) is 6.63. The molecule has 3 fully saturated rings. The minimum absolute atomic E-state index is 0.0440. The summed E-state index contributed by atoms with van der Waals surface area (Å²) in [6.45, 7) is 2.37. The summed E-state index contributed by atoms with van der Waals surface area (Å²) in [5.74, 6) is 1.67. The molecule has 1 aromatic rings. The fourth-order valence-corrected chi connectivity index (χ4v) is 6.25. The van der Waals surface area contributed by atoms with Crippen LogP contribution < -0.4 is 9.47 Å². The Morgan fingerprint density at radius 1 is 1.14 bits per heavy atom. The standard InChI is InChI=1S/C20H26N2O6S/c1-26-18-19(23)22(13-14-2-3-14)20(18)6-8-21(9-7-20)29(24,25)15-4-5-16-17(12-15)28-11-10-27-16/h4-5,12,14,18H,2-3,6-11,13H2,1H3. The first-order valence-corrected chi connectivity index (χ1v) is 11.6. The summed E-state index contributed by atoms with van der Waals surface area (Å²) in [6.07, 6.45) is 3.06. The van der Waals surface area contributed by atoms with Gasteiger partial charge in [0.1, 0.15) is 13.2 Å². The maximum absolute atomic E-state index is 13.2. The monoisotopic (exact) mass is 422 g/mol. The summed E-state index contributed by atoms with van der Waals surface area (Å²) in [7, 11) is -2.08. The van der Waals surface area contributed by atoms with E-state index in [1.165, 1.54) is 17.1 Å². The van der Waals surface area contributed by atoms with Crippen LogP contribution in [0.15, 0.2) is 23.1 Å². The van der Waals surface area contributed by atoms with Gasteiger partial charge < -0.3 is 19.1 Å². The molecule has 5 rings (SSSR count). The van der Waals surface area contributed by atoms with E-state index in [4.69, 9.17) is 14.2 Å². The van der Waals surface area contributed by atoms with Crippen molar-refractivity contribution >= 4 is 15.9 Å². The van der Waals surface area contributed by atoms with Crippen molar-refractivity contribution in [3.8, 4) is 11.5 Å². The zero-order valence-electron chi connectivity index (χ0n) is 16.5. The number of ether oxygens (including phenoxy) is 3. The predicted octanol–water partition coefficient (Wildman–Crippen LogP) is 1.25. The molecular weight excluding hydrogens is 396 g/mol. The highest BCUT2D eigenvalue weighted by Gasteiger charge is 2.62. The molecule has 29 heavy (non-hydrogen) atoms. The van der Waals surface area contributed by atoms with Crippen LogP contribution in [-0.4, -0.2) is 75.1 Å². The van der Waals surface area contributed by atoms with E-state index in [0.717, 1.165) is 6.54 Å². The van der Waals surface area contributed by atoms with Gasteiger partial charge in [0.05, 0.1) is 10.4 Å². The van der Waals surface area contributed by atoms with Gasteiger partial charge in [0.15, 0.2) is 17.6 Å². The molecule has 0 N–H and O–H groups in total. The molecule has 3 heterocycles. The lowest BCUT2D eigenvalue weighted by molar-refractivity contribution is -0.197. The largest absolute Gasteiger partial charge is 0.486 e. The molecule has 9 heteroatoms. The van der Waals surface area contributed by atoms with Gasteiger partial charge in [-0.3, -0.25) is 4.79 Å². The number of hydrogen-bond donors (Lipinski definition) is 0. The summed E-state index contributed by atoms with van der Waals surface area (Å²) < 4.78 is 44.4. The van der Waals surface area contributed by atoms with Gasteiger partial charge >= 0.3 is 0 Å². The second-order valence-electron chi connectivity index (χ2n) is 8.32. The number of hydrogen-bond acceptors (Lipinski definition) is 6. The van der Waals surface area contributed by atoms with E-state index >= 15 is 0 Å². The zero-order chi connectivity index (χ0) is 20.2. The van der Waals surface area contributed by atoms with Crippen LogP contribution in [-0.2, 0) is 19.6 Å². The van der Waals surface area contributed by atoms with Gasteiger partial charge in [-0.2, -0.15) is 4.31 Å². The van der Waals surface area contributed by atoms with E-state index in [1.807, 2.05) is 4.90 Å². The lowest BCUT2D eigenvalue weighted by Gasteiger charge is -2.59. The van der Waals surface area contributed by atoms with E-state index in [1.54, 1.807) is 25.3 Å². The quantitative estimate of drug-likeness (QED) is 0.664. The molecule has 3 aliphatic heterocycles. The smallest absolute Gasteiger partial charge is 0.254 e. The molecule has 1 atom stereocenters. The Bertz CT molecular complexity index is 921. The normalized spacial score (nSPS) is 26.4. The Hall–Kier alpha value is -1.84. The van der Waals surface area contributed by atoms with Crippen LogP contribution in [0.5, 0.6) is 11.5 Å². The maximum atomic E-state index is 13.2. The molecule has 1 spiro atoms. The third-order valence-corrected chi connectivity index (χ3v) is 8.52. The van der Waals surface area contributed by atoms with Gasteiger partial charge in [0.25, 0.3) is 5.91 Å². The SMILES string of the molecule is COC1C(=O)N(CC2CC2)C12CCN(S(=O)(=O)c1ccc3c(c1)OCCO3)CC2. The number of carbonyl (C=O) groups is 1. The molecule has 1 unspecified atom stereocenters. The van der Waals surface area contributed by atoms with E-state index in [-0.39, 0.29) is 16.3 Å². The summed E-state index contributed by atoms with van der Waals surface area (Å²) in [5.41, 5.74) is -0.368. The van der Waals surface area contributed by atoms with Crippen molar-refractivity contribution in [2.24, 2.45) is 5.92 Å². The van der Waals surface area contributed by atoms with Gasteiger partial charge in [-0.25, -0.2) is 8.42 Å². The highest BCUT2D eigenvalue weighted by Crippen LogP contribution is 2.46. The number of nitrogens with zero attached hydrogens (tertiary/aromatic N) is 2. The van der Waals surface area contributed by atoms with E-state index in [2.05, 4.69) is 0 Å². The van der Waals surface area contributed by atoms with Crippen molar-refractivity contribution in [1.82, 2.24) is 9.21 Å². The molecule has 1 saturated carbocycles. The van der Waals surface area contributed by atoms with E-state index < -0.39 is 16.1 Å². The molecule has 8 nitrogen and oxygen atoms in total. The minimum Gasteiger partial charge on any atom is -0.486 e. The number of amides is 1. The van der Waals surface area contributed by atoms with Crippen LogP contribution in [0, 0.1) is 5.92 Å². The maximum Gasteiger partial charge on any atom is 0.254 e. The van der Waals surface area contributed by atoms with Crippen molar-refractivity contribution in [3.63, 3.8) is 0 Å². The molecular formula is C20H26N2O6S. The number of likely N-dealkylation sites (tertiary alicyclic amines) is 1. The predicted molar refractivity (Wildman–Crippen MR) is 103 cm³/mol. The highest BCUT2D eigenvalue weighted by molar-refractivity contribution is 7.89. The Morgan fingerprint density at radius 3 is 2.48 bits per heavy atom. The third kappa shape index (κ3) is 3.02. The lowest BCUT2D eigenvalue weighted by Crippen LogP contribution is -2.77. The summed E-state index contributed by atoms with van der Waals surface area (Å²) in [5, 5.41) is 0. The fourth-order valence-electron chi connectivity index (χ4n) is 4.80. The van der Waals surface area contributed by atoms with Crippen LogP contribution in [0.4, 0.5) is 0 Å². The number of β-lactam (4-membered cyclic amide) rings is 1. The lowest BCUT2D eigenvalue weighted by atomic mass is 9.73. The number of benzene rings is 1. The summed E-state index contributed by atoms with van der Waals surface area (Å²) in [4.78, 5) is 14.7. The molecule has 0 radical (unpaired) electrons. The van der Waals surface area contributed by atoms with Gasteiger partial charge in [0.2, 0.25) is 10.0 Å². The topological polar surface area (TPSA) is 85.4 Å². The van der Waals surface area contributed by atoms with Crippen molar-refractivity contribution in [2.45, 2.75) is 42.2 Å². The van der Waals surface area contributed by atoms with Gasteiger partial charge in [-0.15, -0.1) is 0 Å². The number of fused-ring (bicyclic) bond motifs is 1. The number of sulfonamides is 1. The van der Waals surface area contributed by atoms with Crippen molar-refractivity contribution in [3.05, 3.63) is 18.2 Å². The van der Waals surface area contributed by atoms with Crippen LogP contribution in [0.25, 0.3) is 0 Å². The van der Waals surface area contributed by atoms with Gasteiger partial charge in [-0.05, 0) is 43.7 Å². The second kappa shape index (κ2) is 6.85. The van der Waals surface area contributed by atoms with E-state index in [9.17, 15) is 13.2 Å². The summed E-state index contributed by atoms with van der Waals surface area (Å²) >= 11 is 0. The highest BCUT2D eigenvalue weighted by atomic mass is 32.2. The Balaban J connectivity index is 1.33. The number of rotatable bonds is 5. The molecule has 158 valence electrons. The van der Waals surface area contributed by atoms with Crippen molar-refractivity contribution < 1.29 is 27.4 Å². The molecule has 0 aromatic heterocycles.